The number of furan rings is 2. The summed E-state index contributed by atoms with van der Waals surface area (Å²) in [5.41, 5.74) is 2.90. The van der Waals surface area contributed by atoms with Gasteiger partial charge in [0.05, 0.1) is 0 Å². The van der Waals surface area contributed by atoms with Crippen LogP contribution in [0.15, 0.2) is 45.2 Å². The number of Topliss-reactive ketones (excluding diaryl/α,β-unsaturated/α-hetero) is 1. The van der Waals surface area contributed by atoms with E-state index in [9.17, 15) is 14.4 Å². The third kappa shape index (κ3) is 10.9. The van der Waals surface area contributed by atoms with Crippen LogP contribution in [0.5, 0.6) is 5.75 Å². The first kappa shape index (κ1) is 37.7. The van der Waals surface area contributed by atoms with Crippen LogP contribution in [-0.4, -0.2) is 40.0 Å². The van der Waals surface area contributed by atoms with E-state index < -0.39 is 11.9 Å². The summed E-state index contributed by atoms with van der Waals surface area (Å²) in [6, 6.07) is 10.3. The fourth-order valence-corrected chi connectivity index (χ4v) is 4.01. The Morgan fingerprint density at radius 3 is 1.54 bits per heavy atom. The molecule has 0 atom stereocenters. The Hall–Kier alpha value is -3.25. The van der Waals surface area contributed by atoms with Crippen molar-refractivity contribution in [3.63, 3.8) is 0 Å². The van der Waals surface area contributed by atoms with E-state index >= 15 is 0 Å². The van der Waals surface area contributed by atoms with Gasteiger partial charge in [-0.1, -0.05) is 67.5 Å². The number of carboxylic acid groups (broad SMARTS) is 2. The van der Waals surface area contributed by atoms with E-state index in [0.717, 1.165) is 28.2 Å². The van der Waals surface area contributed by atoms with Crippen LogP contribution in [-0.2, 0) is 11.2 Å². The number of benzene rings is 1. The number of carbonyl (C=O) groups excluding carboxylic acids is 1. The average Bonchev–Trinajstić information content (AvgIpc) is 3.50. The first-order valence-corrected chi connectivity index (χ1v) is 13.2. The molecule has 220 valence electrons. The van der Waals surface area contributed by atoms with Gasteiger partial charge in [0, 0.05) is 18.3 Å². The van der Waals surface area contributed by atoms with Crippen molar-refractivity contribution in [3.05, 3.63) is 76.1 Å². The third-order valence-electron chi connectivity index (χ3n) is 6.01. The number of carbonyl (C=O) groups is 3. The fraction of sp³-hybridized carbons (Fsp3) is 0.452. The van der Waals surface area contributed by atoms with Gasteiger partial charge in [-0.15, -0.1) is 0 Å². The molecule has 0 aliphatic rings. The van der Waals surface area contributed by atoms with Crippen LogP contribution in [0.25, 0.3) is 0 Å². The van der Waals surface area contributed by atoms with E-state index in [2.05, 4.69) is 27.7 Å². The van der Waals surface area contributed by atoms with Crippen molar-refractivity contribution in [2.45, 2.75) is 85.5 Å². The second-order valence-corrected chi connectivity index (χ2v) is 10.7. The largest absolute Gasteiger partial charge is 1.00 e. The van der Waals surface area contributed by atoms with Gasteiger partial charge in [0.15, 0.2) is 12.4 Å². The molecule has 0 fully saturated rings. The fourth-order valence-electron chi connectivity index (χ4n) is 4.01. The molecule has 0 saturated carbocycles. The van der Waals surface area contributed by atoms with Crippen molar-refractivity contribution in [1.29, 1.82) is 0 Å². The van der Waals surface area contributed by atoms with E-state index in [-0.39, 0.29) is 60.7 Å². The van der Waals surface area contributed by atoms with Crippen LogP contribution in [0, 0.1) is 0 Å². The van der Waals surface area contributed by atoms with Crippen molar-refractivity contribution in [3.8, 4) is 5.75 Å². The molecule has 3 aromatic rings. The number of carboxylic acids is 2. The minimum Gasteiger partial charge on any atom is -0.870 e. The Balaban J connectivity index is 0.000000857. The monoisotopic (exact) mass is 564 g/mol. The van der Waals surface area contributed by atoms with E-state index in [1.54, 1.807) is 30.3 Å². The second kappa shape index (κ2) is 16.9. The van der Waals surface area contributed by atoms with Gasteiger partial charge in [-0.2, -0.15) is 0 Å². The number of aliphatic carboxylic acids is 1. The molecule has 2 aromatic heterocycles. The molecule has 0 unspecified atom stereocenters. The maximum atomic E-state index is 12.5. The predicted octanol–water partition coefficient (Wildman–Crippen LogP) is 4.47. The van der Waals surface area contributed by atoms with Gasteiger partial charge in [0.1, 0.15) is 17.3 Å². The van der Waals surface area contributed by atoms with Crippen molar-refractivity contribution in [2.75, 3.05) is 6.61 Å². The molecule has 0 spiro atoms. The van der Waals surface area contributed by atoms with Gasteiger partial charge in [0.2, 0.25) is 11.5 Å². The molecule has 3 N–H and O–H groups in total. The molecule has 0 aliphatic heterocycles. The maximum Gasteiger partial charge on any atom is 1.00 e. The standard InChI is InChI=1S/C20H24O5.C11H16O3.Li.H2O/c1-12(2)16-10-18(25-20(16)13(3)4)17(21)9-14-5-7-15(8-6-14)24-11-19(22)23;1-6(2)8-5-9(11(12)13)14-10(8)7(3)4;;/h5-8,10,12-13H,9,11H2,1-4H3,(H,22,23);5-7H,1-4H3,(H,12,13);;1H2/q;;+1;/p-1. The van der Waals surface area contributed by atoms with Crippen molar-refractivity contribution in [1.82, 2.24) is 0 Å². The Morgan fingerprint density at radius 1 is 0.732 bits per heavy atom. The Labute approximate surface area is 253 Å². The summed E-state index contributed by atoms with van der Waals surface area (Å²) in [6.45, 7) is 15.9. The van der Waals surface area contributed by atoms with Gasteiger partial charge < -0.3 is 29.3 Å². The van der Waals surface area contributed by atoms with Crippen LogP contribution in [0.1, 0.15) is 128 Å². The summed E-state index contributed by atoms with van der Waals surface area (Å²) in [5.74, 6) is 1.48. The molecule has 9 nitrogen and oxygen atoms in total. The van der Waals surface area contributed by atoms with Gasteiger partial charge in [-0.05, 0) is 52.8 Å². The topological polar surface area (TPSA) is 157 Å². The molecule has 1 aromatic carbocycles. The second-order valence-electron chi connectivity index (χ2n) is 10.7. The quantitative estimate of drug-likeness (QED) is 0.253. The Kier molecular flexibility index (Phi) is 15.5. The molecule has 41 heavy (non-hydrogen) atoms. The summed E-state index contributed by atoms with van der Waals surface area (Å²) < 4.78 is 16.2. The summed E-state index contributed by atoms with van der Waals surface area (Å²) in [4.78, 5) is 33.7. The van der Waals surface area contributed by atoms with Crippen molar-refractivity contribution in [2.24, 2.45) is 0 Å². The SMILES string of the molecule is CC(C)c1cc(C(=O)Cc2ccc(OCC(=O)O)cc2)oc1C(C)C.CC(C)c1cc(C(=O)O)oc1C(C)C.[Li+].[OH-]. The molecule has 0 bridgehead atoms. The van der Waals surface area contributed by atoms with Crippen LogP contribution < -0.4 is 23.6 Å². The molecular weight excluding hydrogens is 523 g/mol. The molecule has 10 heteroatoms. The first-order valence-electron chi connectivity index (χ1n) is 13.2. The van der Waals surface area contributed by atoms with Crippen LogP contribution in [0.4, 0.5) is 0 Å². The normalized spacial score (nSPS) is 10.6. The maximum absolute atomic E-state index is 12.5. The van der Waals surface area contributed by atoms with Gasteiger partial charge in [-0.3, -0.25) is 4.79 Å². The van der Waals surface area contributed by atoms with Crippen LogP contribution in [0.2, 0.25) is 0 Å². The zero-order valence-corrected chi connectivity index (χ0v) is 25.5. The summed E-state index contributed by atoms with van der Waals surface area (Å²) in [7, 11) is 0. The van der Waals surface area contributed by atoms with Crippen LogP contribution in [0.3, 0.4) is 0 Å². The molecule has 0 amide bonds. The smallest absolute Gasteiger partial charge is 0.870 e. The Bertz CT molecular complexity index is 1210. The predicted molar refractivity (Wildman–Crippen MR) is 150 cm³/mol. The minimum atomic E-state index is -1.03. The average molecular weight is 565 g/mol. The number of ketones is 1. The number of hydrogen-bond acceptors (Lipinski definition) is 7. The zero-order chi connectivity index (χ0) is 29.4. The summed E-state index contributed by atoms with van der Waals surface area (Å²) in [5, 5.41) is 17.4. The molecule has 2 heterocycles. The van der Waals surface area contributed by atoms with E-state index in [0.29, 0.717) is 23.3 Å². The number of rotatable bonds is 11. The minimum absolute atomic E-state index is 0. The van der Waals surface area contributed by atoms with Crippen LogP contribution >= 0.6 is 0 Å². The zero-order valence-electron chi connectivity index (χ0n) is 25.5. The van der Waals surface area contributed by atoms with Gasteiger partial charge in [0.25, 0.3) is 0 Å². The van der Waals surface area contributed by atoms with Crippen molar-refractivity contribution < 1.29 is 62.5 Å². The number of ether oxygens (including phenoxy) is 1. The number of aromatic carboxylic acids is 1. The number of hydrogen-bond donors (Lipinski definition) is 2. The molecule has 0 radical (unpaired) electrons. The molecular formula is C31H41LiO9. The van der Waals surface area contributed by atoms with E-state index in [4.69, 9.17) is 23.8 Å². The van der Waals surface area contributed by atoms with E-state index in [1.807, 2.05) is 33.8 Å². The summed E-state index contributed by atoms with van der Waals surface area (Å²) in [6.07, 6.45) is 0.224. The molecule has 0 saturated heterocycles. The molecule has 0 aliphatic carbocycles. The van der Waals surface area contributed by atoms with E-state index in [1.165, 1.54) is 0 Å². The van der Waals surface area contributed by atoms with Gasteiger partial charge >= 0.3 is 30.8 Å². The third-order valence-corrected chi connectivity index (χ3v) is 6.01. The molecule has 3 rings (SSSR count). The summed E-state index contributed by atoms with van der Waals surface area (Å²) >= 11 is 0. The first-order chi connectivity index (χ1) is 18.2. The van der Waals surface area contributed by atoms with Gasteiger partial charge in [-0.25, -0.2) is 9.59 Å². The van der Waals surface area contributed by atoms with Crippen molar-refractivity contribution >= 4 is 17.7 Å². The Morgan fingerprint density at radius 2 is 1.17 bits per heavy atom.